The summed E-state index contributed by atoms with van der Waals surface area (Å²) in [4.78, 5) is 22.5. The van der Waals surface area contributed by atoms with Gasteiger partial charge in [0.05, 0.1) is 0 Å². The lowest BCUT2D eigenvalue weighted by Gasteiger charge is -2.03. The maximum absolute atomic E-state index is 12.1. The van der Waals surface area contributed by atoms with Gasteiger partial charge < -0.3 is 10.4 Å². The van der Waals surface area contributed by atoms with E-state index < -0.39 is 5.97 Å². The number of carbonyl (C=O) groups excluding carboxylic acids is 1. The molecule has 2 rings (SSSR count). The van der Waals surface area contributed by atoms with Crippen molar-refractivity contribution in [3.63, 3.8) is 0 Å². The highest BCUT2D eigenvalue weighted by molar-refractivity contribution is 6.09. The molecule has 4 nitrogen and oxygen atoms in total. The highest BCUT2D eigenvalue weighted by Crippen LogP contribution is 2.13. The van der Waals surface area contributed by atoms with Gasteiger partial charge >= 0.3 is 5.97 Å². The zero-order chi connectivity index (χ0) is 14.4. The van der Waals surface area contributed by atoms with E-state index in [-0.39, 0.29) is 5.78 Å². The van der Waals surface area contributed by atoms with E-state index in [1.807, 2.05) is 18.2 Å². The molecule has 100 valence electrons. The Morgan fingerprint density at radius 2 is 1.50 bits per heavy atom. The minimum Gasteiger partial charge on any atom is -0.478 e. The molecule has 0 aliphatic carbocycles. The fourth-order valence-electron chi connectivity index (χ4n) is 1.68. The summed E-state index contributed by atoms with van der Waals surface area (Å²) in [6.45, 7) is 0. The third-order valence-electron chi connectivity index (χ3n) is 2.66. The first kappa shape index (κ1) is 13.5. The van der Waals surface area contributed by atoms with Gasteiger partial charge in [0.15, 0.2) is 5.78 Å². The van der Waals surface area contributed by atoms with E-state index in [4.69, 9.17) is 5.11 Å². The lowest BCUT2D eigenvalue weighted by molar-refractivity contribution is -0.131. The van der Waals surface area contributed by atoms with E-state index in [0.717, 1.165) is 6.08 Å². The molecule has 4 heteroatoms. The molecule has 0 aliphatic heterocycles. The molecular formula is C16H13NO3. The average molecular weight is 267 g/mol. The first-order valence-corrected chi connectivity index (χ1v) is 6.02. The Kier molecular flexibility index (Phi) is 4.29. The number of rotatable bonds is 5. The normalized spacial score (nSPS) is 10.4. The van der Waals surface area contributed by atoms with Crippen LogP contribution in [0.25, 0.3) is 0 Å². The van der Waals surface area contributed by atoms with Crippen LogP contribution in [0.4, 0.5) is 5.69 Å². The van der Waals surface area contributed by atoms with Crippen LogP contribution in [0.5, 0.6) is 0 Å². The van der Waals surface area contributed by atoms with Crippen molar-refractivity contribution in [2.24, 2.45) is 0 Å². The van der Waals surface area contributed by atoms with E-state index in [0.29, 0.717) is 16.8 Å². The topological polar surface area (TPSA) is 66.4 Å². The first-order valence-electron chi connectivity index (χ1n) is 6.02. The molecule has 0 radical (unpaired) electrons. The molecule has 0 fully saturated rings. The number of carboxylic acid groups (broad SMARTS) is 1. The quantitative estimate of drug-likeness (QED) is 0.645. The van der Waals surface area contributed by atoms with Crippen molar-refractivity contribution in [3.05, 3.63) is 78.0 Å². The van der Waals surface area contributed by atoms with Crippen molar-refractivity contribution in [2.45, 2.75) is 0 Å². The number of ketones is 1. The Morgan fingerprint density at radius 3 is 2.10 bits per heavy atom. The van der Waals surface area contributed by atoms with Gasteiger partial charge in [-0.3, -0.25) is 4.79 Å². The number of anilines is 1. The second kappa shape index (κ2) is 6.33. The molecule has 0 heterocycles. The zero-order valence-electron chi connectivity index (χ0n) is 10.6. The molecule has 0 amide bonds. The van der Waals surface area contributed by atoms with E-state index in [1.165, 1.54) is 6.20 Å². The number of carbonyl (C=O) groups is 2. The van der Waals surface area contributed by atoms with Gasteiger partial charge in [-0.05, 0) is 24.3 Å². The minimum absolute atomic E-state index is 0.0433. The Labute approximate surface area is 116 Å². The summed E-state index contributed by atoms with van der Waals surface area (Å²) >= 11 is 0. The van der Waals surface area contributed by atoms with E-state index in [9.17, 15) is 9.59 Å². The SMILES string of the molecule is O=C(O)C=CNc1ccc(C(=O)c2ccccc2)cc1. The van der Waals surface area contributed by atoms with Gasteiger partial charge in [0.25, 0.3) is 0 Å². The van der Waals surface area contributed by atoms with Gasteiger partial charge in [-0.15, -0.1) is 0 Å². The Hall–Kier alpha value is -2.88. The number of carboxylic acids is 1. The van der Waals surface area contributed by atoms with Gasteiger partial charge in [-0.1, -0.05) is 30.3 Å². The van der Waals surface area contributed by atoms with Gasteiger partial charge in [-0.25, -0.2) is 4.79 Å². The Morgan fingerprint density at radius 1 is 0.900 bits per heavy atom. The van der Waals surface area contributed by atoms with Crippen molar-refractivity contribution in [1.29, 1.82) is 0 Å². The predicted molar refractivity (Wildman–Crippen MR) is 76.7 cm³/mol. The van der Waals surface area contributed by atoms with Crippen molar-refractivity contribution >= 4 is 17.4 Å². The van der Waals surface area contributed by atoms with Gasteiger partial charge in [0, 0.05) is 29.1 Å². The summed E-state index contributed by atoms with van der Waals surface area (Å²) in [7, 11) is 0. The van der Waals surface area contributed by atoms with Crippen LogP contribution in [0.2, 0.25) is 0 Å². The molecule has 20 heavy (non-hydrogen) atoms. The fraction of sp³-hybridized carbons (Fsp3) is 0. The summed E-state index contributed by atoms with van der Waals surface area (Å²) < 4.78 is 0. The molecule has 0 aromatic heterocycles. The van der Waals surface area contributed by atoms with Crippen LogP contribution in [0.1, 0.15) is 15.9 Å². The minimum atomic E-state index is -1.02. The lowest BCUT2D eigenvalue weighted by Crippen LogP contribution is -2.01. The molecule has 0 atom stereocenters. The highest BCUT2D eigenvalue weighted by Gasteiger charge is 2.07. The van der Waals surface area contributed by atoms with Gasteiger partial charge in [-0.2, -0.15) is 0 Å². The first-order chi connectivity index (χ1) is 9.66. The van der Waals surface area contributed by atoms with Gasteiger partial charge in [0.1, 0.15) is 0 Å². The smallest absolute Gasteiger partial charge is 0.329 e. The summed E-state index contributed by atoms with van der Waals surface area (Å²) in [6.07, 6.45) is 2.33. The van der Waals surface area contributed by atoms with E-state index in [1.54, 1.807) is 36.4 Å². The molecule has 0 saturated carbocycles. The second-order valence-corrected chi connectivity index (χ2v) is 4.09. The number of aliphatic carboxylic acids is 1. The molecule has 0 bridgehead atoms. The van der Waals surface area contributed by atoms with E-state index in [2.05, 4.69) is 5.32 Å². The Bertz CT molecular complexity index is 631. The van der Waals surface area contributed by atoms with Crippen LogP contribution in [0.15, 0.2) is 66.9 Å². The number of hydrogen-bond acceptors (Lipinski definition) is 3. The monoisotopic (exact) mass is 267 g/mol. The molecule has 0 spiro atoms. The van der Waals surface area contributed by atoms with Crippen molar-refractivity contribution < 1.29 is 14.7 Å². The molecule has 0 unspecified atom stereocenters. The summed E-state index contributed by atoms with van der Waals surface area (Å²) in [5.74, 6) is -1.06. The third-order valence-corrected chi connectivity index (χ3v) is 2.66. The predicted octanol–water partition coefficient (Wildman–Crippen LogP) is 2.93. The fourth-order valence-corrected chi connectivity index (χ4v) is 1.68. The van der Waals surface area contributed by atoms with Crippen LogP contribution in [0.3, 0.4) is 0 Å². The molecule has 2 N–H and O–H groups in total. The second-order valence-electron chi connectivity index (χ2n) is 4.09. The summed E-state index contributed by atoms with van der Waals surface area (Å²) in [5, 5.41) is 11.3. The molecular weight excluding hydrogens is 254 g/mol. The maximum atomic E-state index is 12.1. The van der Waals surface area contributed by atoms with Crippen LogP contribution in [-0.2, 0) is 4.79 Å². The van der Waals surface area contributed by atoms with Crippen molar-refractivity contribution in [1.82, 2.24) is 0 Å². The maximum Gasteiger partial charge on any atom is 0.329 e. The Balaban J connectivity index is 2.08. The largest absolute Gasteiger partial charge is 0.478 e. The zero-order valence-corrected chi connectivity index (χ0v) is 10.6. The lowest BCUT2D eigenvalue weighted by atomic mass is 10.0. The standard InChI is InChI=1S/C16H13NO3/c18-15(19)10-11-17-14-8-6-13(7-9-14)16(20)12-4-2-1-3-5-12/h1-11,17H,(H,18,19). The molecule has 2 aromatic rings. The van der Waals surface area contributed by atoms with Gasteiger partial charge in [0.2, 0.25) is 0 Å². The van der Waals surface area contributed by atoms with Crippen LogP contribution in [-0.4, -0.2) is 16.9 Å². The third kappa shape index (κ3) is 3.55. The van der Waals surface area contributed by atoms with Crippen molar-refractivity contribution in [3.8, 4) is 0 Å². The number of nitrogens with one attached hydrogen (secondary N) is 1. The van der Waals surface area contributed by atoms with Crippen LogP contribution >= 0.6 is 0 Å². The molecule has 0 aliphatic rings. The van der Waals surface area contributed by atoms with Crippen molar-refractivity contribution in [2.75, 3.05) is 5.32 Å². The average Bonchev–Trinajstić information content (AvgIpc) is 2.48. The number of benzene rings is 2. The van der Waals surface area contributed by atoms with Crippen LogP contribution in [0, 0.1) is 0 Å². The molecule has 0 saturated heterocycles. The van der Waals surface area contributed by atoms with Crippen LogP contribution < -0.4 is 5.32 Å². The molecule has 2 aromatic carbocycles. The summed E-state index contributed by atoms with van der Waals surface area (Å²) in [5.41, 5.74) is 1.94. The summed E-state index contributed by atoms with van der Waals surface area (Å²) in [6, 6.07) is 15.9. The number of hydrogen-bond donors (Lipinski definition) is 2. The highest BCUT2D eigenvalue weighted by atomic mass is 16.4. The van der Waals surface area contributed by atoms with E-state index >= 15 is 0 Å².